The highest BCUT2D eigenvalue weighted by Crippen LogP contribution is 2.27. The van der Waals surface area contributed by atoms with Crippen molar-refractivity contribution >= 4 is 34.2 Å². The Morgan fingerprint density at radius 2 is 2.05 bits per heavy atom. The van der Waals surface area contributed by atoms with Crippen LogP contribution in [0.3, 0.4) is 0 Å². The molecule has 1 aromatic carbocycles. The number of piperidine rings is 1. The fourth-order valence-electron chi connectivity index (χ4n) is 2.70. The summed E-state index contributed by atoms with van der Waals surface area (Å²) < 4.78 is 26.7. The van der Waals surface area contributed by atoms with E-state index in [4.69, 9.17) is 5.73 Å². The second-order valence-electron chi connectivity index (χ2n) is 5.17. The zero-order valence-electron chi connectivity index (χ0n) is 11.6. The van der Waals surface area contributed by atoms with Gasteiger partial charge >= 0.3 is 0 Å². The summed E-state index contributed by atoms with van der Waals surface area (Å²) in [6.45, 7) is 3.02. The van der Waals surface area contributed by atoms with Crippen molar-refractivity contribution < 1.29 is 13.6 Å². The summed E-state index contributed by atoms with van der Waals surface area (Å²) in [6.07, 6.45) is 1.91. The highest BCUT2D eigenvalue weighted by Gasteiger charge is 2.32. The number of amides is 1. The van der Waals surface area contributed by atoms with Crippen LogP contribution in [-0.4, -0.2) is 29.9 Å². The summed E-state index contributed by atoms with van der Waals surface area (Å²) in [5.41, 5.74) is 5.89. The zero-order valence-corrected chi connectivity index (χ0v) is 14.0. The molecule has 1 saturated heterocycles. The molecule has 118 valence electrons. The van der Waals surface area contributed by atoms with E-state index in [1.165, 1.54) is 0 Å². The average molecular weight is 384 g/mol. The molecule has 0 radical (unpaired) electrons. The summed E-state index contributed by atoms with van der Waals surface area (Å²) in [6, 6.07) is 1.86. The number of hydrogen-bond donors (Lipinski definition) is 1. The van der Waals surface area contributed by atoms with Crippen LogP contribution in [0, 0.1) is 17.6 Å². The number of carbonyl (C=O) groups is 1. The summed E-state index contributed by atoms with van der Waals surface area (Å²) in [7, 11) is 0. The topological polar surface area (TPSA) is 46.3 Å². The van der Waals surface area contributed by atoms with E-state index < -0.39 is 11.6 Å². The van der Waals surface area contributed by atoms with Crippen molar-refractivity contribution in [1.82, 2.24) is 4.90 Å². The van der Waals surface area contributed by atoms with Crippen LogP contribution in [-0.2, 0) is 0 Å². The van der Waals surface area contributed by atoms with Gasteiger partial charge in [0.25, 0.3) is 5.91 Å². The Hall–Kier alpha value is -0.720. The predicted molar refractivity (Wildman–Crippen MR) is 83.6 cm³/mol. The maximum absolute atomic E-state index is 13.4. The van der Waals surface area contributed by atoms with Crippen molar-refractivity contribution in [2.45, 2.75) is 25.8 Å². The van der Waals surface area contributed by atoms with Gasteiger partial charge in [0.15, 0.2) is 11.6 Å². The van der Waals surface area contributed by atoms with Crippen molar-refractivity contribution in [3.63, 3.8) is 0 Å². The van der Waals surface area contributed by atoms with E-state index in [0.29, 0.717) is 19.0 Å². The largest absolute Gasteiger partial charge is 0.334 e. The molecule has 1 heterocycles. The molecule has 7 heteroatoms. The molecule has 2 unspecified atom stereocenters. The number of rotatable bonds is 2. The van der Waals surface area contributed by atoms with Crippen molar-refractivity contribution in [3.05, 3.63) is 33.8 Å². The lowest BCUT2D eigenvalue weighted by Gasteiger charge is -2.39. The minimum absolute atomic E-state index is 0. The van der Waals surface area contributed by atoms with Crippen LogP contribution in [0.25, 0.3) is 0 Å². The predicted octanol–water partition coefficient (Wildman–Crippen LogP) is 3.35. The third kappa shape index (κ3) is 3.73. The van der Waals surface area contributed by atoms with Crippen molar-refractivity contribution in [2.24, 2.45) is 11.7 Å². The Bertz CT molecular complexity index is 530. The maximum atomic E-state index is 13.4. The van der Waals surface area contributed by atoms with Crippen LogP contribution >= 0.6 is 28.3 Å². The smallest absolute Gasteiger partial charge is 0.255 e. The van der Waals surface area contributed by atoms with Gasteiger partial charge in [0.05, 0.1) is 5.56 Å². The highest BCUT2D eigenvalue weighted by atomic mass is 79.9. The average Bonchev–Trinajstić information content (AvgIpc) is 2.41. The molecule has 0 saturated carbocycles. The lowest BCUT2D eigenvalue weighted by Crippen LogP contribution is -2.51. The molecule has 2 N–H and O–H groups in total. The van der Waals surface area contributed by atoms with Gasteiger partial charge in [-0.3, -0.25) is 4.79 Å². The standard InChI is InChI=1S/C14H17BrF2N2O.ClH/c1-8-3-2-4-19(13(8)7-18)14(20)9-5-11(16)12(17)6-10(9)15;/h5-6,8,13H,2-4,7,18H2,1H3;1H. The minimum atomic E-state index is -1.02. The first kappa shape index (κ1) is 18.3. The van der Waals surface area contributed by atoms with Crippen LogP contribution in [0.15, 0.2) is 16.6 Å². The number of hydrogen-bond acceptors (Lipinski definition) is 2. The van der Waals surface area contributed by atoms with Gasteiger partial charge < -0.3 is 10.6 Å². The molecule has 0 aliphatic carbocycles. The molecule has 2 rings (SSSR count). The van der Waals surface area contributed by atoms with Crippen LogP contribution in [0.4, 0.5) is 8.78 Å². The lowest BCUT2D eigenvalue weighted by molar-refractivity contribution is 0.0531. The number of nitrogens with two attached hydrogens (primary N) is 1. The molecule has 2 atom stereocenters. The Morgan fingerprint density at radius 1 is 1.43 bits per heavy atom. The molecule has 21 heavy (non-hydrogen) atoms. The van der Waals surface area contributed by atoms with Gasteiger partial charge in [-0.1, -0.05) is 6.92 Å². The lowest BCUT2D eigenvalue weighted by atomic mass is 9.90. The Balaban J connectivity index is 0.00000220. The number of carbonyl (C=O) groups excluding carboxylic acids is 1. The fraction of sp³-hybridized carbons (Fsp3) is 0.500. The molecule has 0 spiro atoms. The Labute approximate surface area is 137 Å². The number of benzene rings is 1. The molecule has 1 aliphatic rings. The van der Waals surface area contributed by atoms with Crippen molar-refractivity contribution in [1.29, 1.82) is 0 Å². The molecule has 0 aromatic heterocycles. The van der Waals surface area contributed by atoms with Gasteiger partial charge in [-0.2, -0.15) is 0 Å². The zero-order chi connectivity index (χ0) is 14.9. The van der Waals surface area contributed by atoms with Crippen LogP contribution in [0.1, 0.15) is 30.1 Å². The maximum Gasteiger partial charge on any atom is 0.255 e. The second-order valence-corrected chi connectivity index (χ2v) is 6.02. The molecule has 1 fully saturated rings. The number of nitrogens with zero attached hydrogens (tertiary/aromatic N) is 1. The third-order valence-corrected chi connectivity index (χ3v) is 4.51. The molecular weight excluding hydrogens is 366 g/mol. The summed E-state index contributed by atoms with van der Waals surface area (Å²) in [5, 5.41) is 0. The van der Waals surface area contributed by atoms with Gasteiger partial charge in [-0.05, 0) is 46.8 Å². The summed E-state index contributed by atoms with van der Waals surface area (Å²) >= 11 is 3.12. The first-order valence-electron chi connectivity index (χ1n) is 6.61. The summed E-state index contributed by atoms with van der Waals surface area (Å²) in [4.78, 5) is 14.2. The van der Waals surface area contributed by atoms with E-state index in [2.05, 4.69) is 22.9 Å². The van der Waals surface area contributed by atoms with E-state index in [1.807, 2.05) is 0 Å². The Morgan fingerprint density at radius 3 is 2.67 bits per heavy atom. The van der Waals surface area contributed by atoms with Gasteiger partial charge in [-0.25, -0.2) is 8.78 Å². The van der Waals surface area contributed by atoms with Crippen molar-refractivity contribution in [2.75, 3.05) is 13.1 Å². The monoisotopic (exact) mass is 382 g/mol. The van der Waals surface area contributed by atoms with Crippen LogP contribution < -0.4 is 5.73 Å². The van der Waals surface area contributed by atoms with E-state index >= 15 is 0 Å². The van der Waals surface area contributed by atoms with E-state index in [1.54, 1.807) is 4.90 Å². The first-order chi connectivity index (χ1) is 9.45. The molecule has 1 aromatic rings. The molecular formula is C14H18BrClF2N2O. The highest BCUT2D eigenvalue weighted by molar-refractivity contribution is 9.10. The molecule has 1 aliphatic heterocycles. The molecule has 1 amide bonds. The summed E-state index contributed by atoms with van der Waals surface area (Å²) in [5.74, 6) is -2.00. The normalized spacial score (nSPS) is 21.9. The van der Waals surface area contributed by atoms with Crippen molar-refractivity contribution in [3.8, 4) is 0 Å². The van der Waals surface area contributed by atoms with Gasteiger partial charge in [0, 0.05) is 23.6 Å². The second kappa shape index (κ2) is 7.51. The van der Waals surface area contributed by atoms with E-state index in [9.17, 15) is 13.6 Å². The number of likely N-dealkylation sites (tertiary alicyclic amines) is 1. The van der Waals surface area contributed by atoms with Gasteiger partial charge in [0.2, 0.25) is 0 Å². The fourth-order valence-corrected chi connectivity index (χ4v) is 3.19. The molecule has 0 bridgehead atoms. The van der Waals surface area contributed by atoms with Crippen LogP contribution in [0.5, 0.6) is 0 Å². The third-order valence-electron chi connectivity index (χ3n) is 3.86. The SMILES string of the molecule is CC1CCCN(C(=O)c2cc(F)c(F)cc2Br)C1CN.Cl. The van der Waals surface area contributed by atoms with Gasteiger partial charge in [0.1, 0.15) is 0 Å². The van der Waals surface area contributed by atoms with E-state index in [0.717, 1.165) is 25.0 Å². The van der Waals surface area contributed by atoms with E-state index in [-0.39, 0.29) is 34.4 Å². The van der Waals surface area contributed by atoms with Gasteiger partial charge in [-0.15, -0.1) is 12.4 Å². The van der Waals surface area contributed by atoms with Crippen LogP contribution in [0.2, 0.25) is 0 Å². The quantitative estimate of drug-likeness (QED) is 0.796. The minimum Gasteiger partial charge on any atom is -0.334 e. The Kier molecular flexibility index (Phi) is 6.56. The molecule has 3 nitrogen and oxygen atoms in total. The first-order valence-corrected chi connectivity index (χ1v) is 7.40. The number of halogens is 4.